The zero-order valence-corrected chi connectivity index (χ0v) is 26.9. The Morgan fingerprint density at radius 2 is 0.925 bits per heavy atom. The summed E-state index contributed by atoms with van der Waals surface area (Å²) in [7, 11) is 0. The average molecular weight is 565 g/mol. The molecule has 4 nitrogen and oxygen atoms in total. The second-order valence-electron chi connectivity index (χ2n) is 12.1. The van der Waals surface area contributed by atoms with Crippen LogP contribution >= 0.6 is 0 Å². The van der Waals surface area contributed by atoms with E-state index in [1.165, 1.54) is 135 Å². The van der Waals surface area contributed by atoms with Crippen LogP contribution in [0.2, 0.25) is 0 Å². The van der Waals surface area contributed by atoms with Gasteiger partial charge in [-0.25, -0.2) is 0 Å². The highest BCUT2D eigenvalue weighted by atomic mass is 16.5. The molecule has 0 aromatic heterocycles. The van der Waals surface area contributed by atoms with Crippen molar-refractivity contribution in [2.24, 2.45) is 0 Å². The summed E-state index contributed by atoms with van der Waals surface area (Å²) in [5, 5.41) is 9.08. The van der Waals surface area contributed by atoms with Crippen molar-refractivity contribution < 1.29 is 19.4 Å². The Morgan fingerprint density at radius 1 is 0.525 bits per heavy atom. The molecule has 236 valence electrons. The van der Waals surface area contributed by atoms with E-state index in [-0.39, 0.29) is 18.5 Å². The lowest BCUT2D eigenvalue weighted by atomic mass is 10.0. The van der Waals surface area contributed by atoms with Crippen LogP contribution in [0.15, 0.2) is 12.2 Å². The molecular weight excluding hydrogens is 496 g/mol. The lowest BCUT2D eigenvalue weighted by Gasteiger charge is -2.17. The summed E-state index contributed by atoms with van der Waals surface area (Å²) < 4.78 is 5.71. The first-order valence-electron chi connectivity index (χ1n) is 17.7. The molecule has 4 heteroatoms. The normalized spacial score (nSPS) is 12.2. The Balaban J connectivity index is 3.76. The highest BCUT2D eigenvalue weighted by molar-refractivity contribution is 5.69. The van der Waals surface area contributed by atoms with E-state index in [9.17, 15) is 9.59 Å². The monoisotopic (exact) mass is 565 g/mol. The molecule has 0 rings (SSSR count). The molecule has 40 heavy (non-hydrogen) atoms. The van der Waals surface area contributed by atoms with Crippen molar-refractivity contribution in [2.45, 2.75) is 206 Å². The third-order valence-electron chi connectivity index (χ3n) is 8.00. The first kappa shape index (κ1) is 38.7. The predicted octanol–water partition coefficient (Wildman–Crippen LogP) is 11.9. The van der Waals surface area contributed by atoms with Crippen LogP contribution in [0.3, 0.4) is 0 Å². The molecule has 0 aliphatic rings. The number of carbonyl (C=O) groups is 2. The van der Waals surface area contributed by atoms with Gasteiger partial charge in [-0.2, -0.15) is 0 Å². The number of hydrogen-bond donors (Lipinski definition) is 1. The zero-order chi connectivity index (χ0) is 29.4. The van der Waals surface area contributed by atoms with Crippen LogP contribution in [0.1, 0.15) is 200 Å². The summed E-state index contributed by atoms with van der Waals surface area (Å²) in [5.74, 6) is -0.958. The summed E-state index contributed by atoms with van der Waals surface area (Å²) in [4.78, 5) is 23.4. The molecule has 0 amide bonds. The fourth-order valence-corrected chi connectivity index (χ4v) is 5.34. The van der Waals surface area contributed by atoms with E-state index in [0.29, 0.717) is 12.8 Å². The first-order valence-corrected chi connectivity index (χ1v) is 17.7. The van der Waals surface area contributed by atoms with Gasteiger partial charge in [0.05, 0.1) is 0 Å². The third kappa shape index (κ3) is 31.2. The molecule has 0 aliphatic heterocycles. The van der Waals surface area contributed by atoms with E-state index in [1.54, 1.807) is 0 Å². The van der Waals surface area contributed by atoms with Gasteiger partial charge in [-0.1, -0.05) is 148 Å². The fourth-order valence-electron chi connectivity index (χ4n) is 5.34. The van der Waals surface area contributed by atoms with Crippen molar-refractivity contribution in [2.75, 3.05) is 0 Å². The van der Waals surface area contributed by atoms with Crippen LogP contribution in [-0.4, -0.2) is 23.1 Å². The standard InChI is InChI=1S/C36H68O4/c1-3-5-7-9-11-13-15-17-19-20-22-24-26-28-30-34(32-33-35(37)38)40-36(39)31-29-27-25-23-21-18-16-14-12-10-8-6-4-2/h14,16,34H,3-13,15,17-33H2,1-2H3,(H,37,38)/b16-14-. The molecule has 0 spiro atoms. The molecule has 1 unspecified atom stereocenters. The number of ether oxygens (including phenoxy) is 1. The number of esters is 1. The summed E-state index contributed by atoms with van der Waals surface area (Å²) >= 11 is 0. The molecule has 0 bridgehead atoms. The number of hydrogen-bond acceptors (Lipinski definition) is 3. The average Bonchev–Trinajstić information content (AvgIpc) is 2.94. The molecule has 0 fully saturated rings. The van der Waals surface area contributed by atoms with Gasteiger partial charge in [-0.05, 0) is 51.4 Å². The lowest BCUT2D eigenvalue weighted by Crippen LogP contribution is -2.19. The van der Waals surface area contributed by atoms with Crippen molar-refractivity contribution >= 4 is 11.9 Å². The topological polar surface area (TPSA) is 63.6 Å². The van der Waals surface area contributed by atoms with Gasteiger partial charge in [0.25, 0.3) is 0 Å². The smallest absolute Gasteiger partial charge is 0.306 e. The number of carboxylic acid groups (broad SMARTS) is 1. The van der Waals surface area contributed by atoms with E-state index >= 15 is 0 Å². The molecule has 0 aromatic rings. The largest absolute Gasteiger partial charge is 0.481 e. The first-order chi connectivity index (χ1) is 19.6. The highest BCUT2D eigenvalue weighted by Gasteiger charge is 2.15. The SMILES string of the molecule is CCCCCC/C=C\CCCCCCCC(=O)OC(CCCCCCCCCCCCCCCC)CCC(=O)O. The van der Waals surface area contributed by atoms with Crippen molar-refractivity contribution in [3.8, 4) is 0 Å². The maximum absolute atomic E-state index is 12.4. The quantitative estimate of drug-likeness (QED) is 0.0501. The van der Waals surface area contributed by atoms with Crippen molar-refractivity contribution in [1.29, 1.82) is 0 Å². The molecular formula is C36H68O4. The molecule has 0 saturated carbocycles. The van der Waals surface area contributed by atoms with Crippen LogP contribution in [-0.2, 0) is 14.3 Å². The molecule has 1 N–H and O–H groups in total. The number of unbranched alkanes of at least 4 members (excludes halogenated alkanes) is 22. The van der Waals surface area contributed by atoms with Crippen LogP contribution < -0.4 is 0 Å². The Morgan fingerprint density at radius 3 is 1.40 bits per heavy atom. The third-order valence-corrected chi connectivity index (χ3v) is 8.00. The van der Waals surface area contributed by atoms with E-state index in [1.807, 2.05) is 0 Å². The van der Waals surface area contributed by atoms with E-state index in [2.05, 4.69) is 26.0 Å². The minimum absolute atomic E-state index is 0.0732. The van der Waals surface area contributed by atoms with Crippen molar-refractivity contribution in [3.63, 3.8) is 0 Å². The second kappa shape index (κ2) is 32.2. The Labute approximate surface area is 249 Å². The number of allylic oxidation sites excluding steroid dienone is 2. The maximum atomic E-state index is 12.4. The van der Waals surface area contributed by atoms with Crippen LogP contribution in [0, 0.1) is 0 Å². The Bertz CT molecular complexity index is 571. The van der Waals surface area contributed by atoms with Crippen LogP contribution in [0.25, 0.3) is 0 Å². The summed E-state index contributed by atoms with van der Waals surface area (Å²) in [6.07, 6.45) is 37.9. The number of carbonyl (C=O) groups excluding carboxylic acids is 1. The van der Waals surface area contributed by atoms with Crippen LogP contribution in [0.5, 0.6) is 0 Å². The van der Waals surface area contributed by atoms with E-state index in [0.717, 1.165) is 32.1 Å². The van der Waals surface area contributed by atoms with Gasteiger partial charge in [-0.3, -0.25) is 9.59 Å². The van der Waals surface area contributed by atoms with Crippen molar-refractivity contribution in [3.05, 3.63) is 12.2 Å². The minimum atomic E-state index is -0.812. The number of rotatable bonds is 32. The fraction of sp³-hybridized carbons (Fsp3) is 0.889. The highest BCUT2D eigenvalue weighted by Crippen LogP contribution is 2.17. The van der Waals surface area contributed by atoms with Gasteiger partial charge >= 0.3 is 11.9 Å². The number of aliphatic carboxylic acids is 1. The Kier molecular flexibility index (Phi) is 31.1. The molecule has 0 radical (unpaired) electrons. The molecule has 1 atom stereocenters. The molecule has 0 aliphatic carbocycles. The lowest BCUT2D eigenvalue weighted by molar-refractivity contribution is -0.151. The summed E-state index contributed by atoms with van der Waals surface area (Å²) in [6, 6.07) is 0. The van der Waals surface area contributed by atoms with Crippen molar-refractivity contribution in [1.82, 2.24) is 0 Å². The van der Waals surface area contributed by atoms with Gasteiger partial charge in [0.15, 0.2) is 0 Å². The maximum Gasteiger partial charge on any atom is 0.306 e. The van der Waals surface area contributed by atoms with Gasteiger partial charge in [0, 0.05) is 12.8 Å². The summed E-state index contributed by atoms with van der Waals surface area (Å²) in [5.41, 5.74) is 0. The van der Waals surface area contributed by atoms with E-state index < -0.39 is 5.97 Å². The van der Waals surface area contributed by atoms with Gasteiger partial charge < -0.3 is 9.84 Å². The van der Waals surface area contributed by atoms with Gasteiger partial charge in [0.2, 0.25) is 0 Å². The van der Waals surface area contributed by atoms with Gasteiger partial charge in [0.1, 0.15) is 6.10 Å². The van der Waals surface area contributed by atoms with Crippen LogP contribution in [0.4, 0.5) is 0 Å². The zero-order valence-electron chi connectivity index (χ0n) is 26.9. The van der Waals surface area contributed by atoms with Gasteiger partial charge in [-0.15, -0.1) is 0 Å². The van der Waals surface area contributed by atoms with E-state index in [4.69, 9.17) is 9.84 Å². The second-order valence-corrected chi connectivity index (χ2v) is 12.1. The molecule has 0 aromatic carbocycles. The summed E-state index contributed by atoms with van der Waals surface area (Å²) in [6.45, 7) is 4.52. The molecule has 0 heterocycles. The minimum Gasteiger partial charge on any atom is -0.481 e. The number of carboxylic acids is 1. The molecule has 0 saturated heterocycles. The predicted molar refractivity (Wildman–Crippen MR) is 172 cm³/mol. The Hall–Kier alpha value is -1.32.